The molecule has 1 aromatic rings. The average Bonchev–Trinajstić information content (AvgIpc) is 2.37. The minimum Gasteiger partial charge on any atom is -0.359 e. The quantitative estimate of drug-likeness (QED) is 0.738. The van der Waals surface area contributed by atoms with Gasteiger partial charge in [-0.15, -0.1) is 0 Å². The highest BCUT2D eigenvalue weighted by atomic mass is 16.1. The van der Waals surface area contributed by atoms with E-state index in [1.807, 2.05) is 18.9 Å². The molecule has 0 aliphatic heterocycles. The van der Waals surface area contributed by atoms with Crippen LogP contribution in [0.5, 0.6) is 0 Å². The molecule has 1 heterocycles. The van der Waals surface area contributed by atoms with Crippen molar-refractivity contribution in [2.75, 3.05) is 25.5 Å². The Hall–Kier alpha value is -1.69. The molecule has 6 heteroatoms. The number of carbonyl (C=O) groups is 1. The lowest BCUT2D eigenvalue weighted by molar-refractivity contribution is -0.123. The van der Waals surface area contributed by atoms with Crippen LogP contribution < -0.4 is 16.0 Å². The maximum Gasteiger partial charge on any atom is 0.225 e. The molecule has 0 saturated heterocycles. The number of hydrogen-bond acceptors (Lipinski definition) is 5. The molecule has 0 aliphatic rings. The zero-order valence-electron chi connectivity index (χ0n) is 10.5. The first-order chi connectivity index (χ1) is 8.08. The topological polar surface area (TPSA) is 84.1 Å². The van der Waals surface area contributed by atoms with Crippen LogP contribution in [0.4, 0.5) is 5.95 Å². The van der Waals surface area contributed by atoms with Crippen LogP contribution in [0.2, 0.25) is 0 Å². The van der Waals surface area contributed by atoms with Gasteiger partial charge >= 0.3 is 0 Å². The van der Waals surface area contributed by atoms with Crippen LogP contribution >= 0.6 is 0 Å². The van der Waals surface area contributed by atoms with E-state index in [4.69, 9.17) is 5.73 Å². The Morgan fingerprint density at radius 1 is 1.53 bits per heavy atom. The molecule has 0 spiro atoms. The molecule has 1 atom stereocenters. The van der Waals surface area contributed by atoms with Gasteiger partial charge in [-0.1, -0.05) is 6.92 Å². The highest BCUT2D eigenvalue weighted by molar-refractivity contribution is 5.78. The van der Waals surface area contributed by atoms with Gasteiger partial charge in [0.1, 0.15) is 0 Å². The van der Waals surface area contributed by atoms with E-state index in [2.05, 4.69) is 15.3 Å². The number of nitrogens with one attached hydrogen (secondary N) is 1. The minimum absolute atomic E-state index is 0.00966. The molecular weight excluding hydrogens is 218 g/mol. The van der Waals surface area contributed by atoms with E-state index in [9.17, 15) is 4.79 Å². The van der Waals surface area contributed by atoms with E-state index < -0.39 is 0 Å². The summed E-state index contributed by atoms with van der Waals surface area (Å²) in [6, 6.07) is 0. The van der Waals surface area contributed by atoms with Gasteiger partial charge < -0.3 is 16.0 Å². The molecule has 1 unspecified atom stereocenters. The van der Waals surface area contributed by atoms with Crippen LogP contribution in [0.15, 0.2) is 12.4 Å². The van der Waals surface area contributed by atoms with E-state index in [1.165, 1.54) is 0 Å². The van der Waals surface area contributed by atoms with E-state index >= 15 is 0 Å². The summed E-state index contributed by atoms with van der Waals surface area (Å²) in [5.74, 6) is 0.496. The Balaban J connectivity index is 2.62. The van der Waals surface area contributed by atoms with Crippen molar-refractivity contribution in [2.45, 2.75) is 13.5 Å². The molecule has 0 radical (unpaired) electrons. The van der Waals surface area contributed by atoms with Crippen molar-refractivity contribution in [3.63, 3.8) is 0 Å². The molecule has 3 N–H and O–H groups in total. The lowest BCUT2D eigenvalue weighted by atomic mass is 10.1. The molecule has 6 nitrogen and oxygen atoms in total. The number of hydrogen-bond donors (Lipinski definition) is 2. The number of aromatic nitrogens is 2. The number of amides is 1. The van der Waals surface area contributed by atoms with Gasteiger partial charge in [-0.3, -0.25) is 4.79 Å². The predicted octanol–water partition coefficient (Wildman–Crippen LogP) is -0.246. The van der Waals surface area contributed by atoms with Gasteiger partial charge in [0, 0.05) is 45.1 Å². The summed E-state index contributed by atoms with van der Waals surface area (Å²) in [6.07, 6.45) is 3.40. The molecule has 0 bridgehead atoms. The van der Waals surface area contributed by atoms with Crippen LogP contribution in [-0.4, -0.2) is 36.5 Å². The van der Waals surface area contributed by atoms with Crippen molar-refractivity contribution >= 4 is 11.9 Å². The number of nitrogens with two attached hydrogens (primary N) is 1. The summed E-state index contributed by atoms with van der Waals surface area (Å²) in [4.78, 5) is 21.6. The molecule has 1 rings (SSSR count). The van der Waals surface area contributed by atoms with Gasteiger partial charge in [-0.2, -0.15) is 0 Å². The Kier molecular flexibility index (Phi) is 4.84. The molecule has 1 amide bonds. The smallest absolute Gasteiger partial charge is 0.225 e. The third-order valence-corrected chi connectivity index (χ3v) is 2.51. The number of rotatable bonds is 5. The zero-order chi connectivity index (χ0) is 12.8. The number of nitrogens with zero attached hydrogens (tertiary/aromatic N) is 3. The average molecular weight is 237 g/mol. The third kappa shape index (κ3) is 3.67. The summed E-state index contributed by atoms with van der Waals surface area (Å²) < 4.78 is 0. The minimum atomic E-state index is -0.109. The van der Waals surface area contributed by atoms with Gasteiger partial charge in [0.2, 0.25) is 11.9 Å². The van der Waals surface area contributed by atoms with Crippen molar-refractivity contribution < 1.29 is 4.79 Å². The van der Waals surface area contributed by atoms with Crippen LogP contribution in [0.25, 0.3) is 0 Å². The fourth-order valence-electron chi connectivity index (χ4n) is 1.47. The lowest BCUT2D eigenvalue weighted by Crippen LogP contribution is -2.35. The van der Waals surface area contributed by atoms with E-state index in [0.29, 0.717) is 19.0 Å². The predicted molar refractivity (Wildman–Crippen MR) is 66.4 cm³/mol. The van der Waals surface area contributed by atoms with Crippen LogP contribution in [0.1, 0.15) is 12.5 Å². The zero-order valence-corrected chi connectivity index (χ0v) is 10.5. The summed E-state index contributed by atoms with van der Waals surface area (Å²) in [6.45, 7) is 2.86. The first-order valence-electron chi connectivity index (χ1n) is 5.52. The summed E-state index contributed by atoms with van der Waals surface area (Å²) in [5.41, 5.74) is 6.36. The first kappa shape index (κ1) is 13.4. The van der Waals surface area contributed by atoms with Crippen molar-refractivity contribution in [1.82, 2.24) is 15.3 Å². The second-order valence-corrected chi connectivity index (χ2v) is 3.99. The summed E-state index contributed by atoms with van der Waals surface area (Å²) in [7, 11) is 3.49. The second kappa shape index (κ2) is 6.15. The van der Waals surface area contributed by atoms with Crippen LogP contribution in [0.3, 0.4) is 0 Å². The van der Waals surface area contributed by atoms with Crippen molar-refractivity contribution in [3.8, 4) is 0 Å². The van der Waals surface area contributed by atoms with Crippen molar-refractivity contribution in [1.29, 1.82) is 0 Å². The van der Waals surface area contributed by atoms with E-state index in [-0.39, 0.29) is 11.8 Å². The lowest BCUT2D eigenvalue weighted by Gasteiger charge is -2.20. The molecule has 0 fully saturated rings. The molecule has 17 heavy (non-hydrogen) atoms. The Labute approximate surface area is 101 Å². The van der Waals surface area contributed by atoms with Gasteiger partial charge in [0.05, 0.1) is 5.92 Å². The maximum atomic E-state index is 11.4. The molecule has 94 valence electrons. The molecule has 0 aromatic carbocycles. The normalized spacial score (nSPS) is 12.0. The largest absolute Gasteiger partial charge is 0.359 e. The molecule has 0 saturated carbocycles. The van der Waals surface area contributed by atoms with Gasteiger partial charge in [-0.05, 0) is 0 Å². The third-order valence-electron chi connectivity index (χ3n) is 2.51. The maximum absolute atomic E-state index is 11.4. The standard InChI is InChI=1S/C11H19N5O/c1-8(10(17)13-2)7-16(3)11-14-5-9(4-12)6-15-11/h5-6,8H,4,7,12H2,1-3H3,(H,13,17). The van der Waals surface area contributed by atoms with Gasteiger partial charge in [-0.25, -0.2) is 9.97 Å². The fraction of sp³-hybridized carbons (Fsp3) is 0.545. The first-order valence-corrected chi connectivity index (χ1v) is 5.52. The van der Waals surface area contributed by atoms with Crippen molar-refractivity contribution in [3.05, 3.63) is 18.0 Å². The Morgan fingerprint density at radius 2 is 2.12 bits per heavy atom. The molecule has 0 aliphatic carbocycles. The number of carbonyl (C=O) groups excluding carboxylic acids is 1. The highest BCUT2D eigenvalue weighted by Gasteiger charge is 2.15. The van der Waals surface area contributed by atoms with Gasteiger partial charge in [0.15, 0.2) is 0 Å². The highest BCUT2D eigenvalue weighted by Crippen LogP contribution is 2.07. The van der Waals surface area contributed by atoms with E-state index in [0.717, 1.165) is 5.56 Å². The van der Waals surface area contributed by atoms with Crippen LogP contribution in [0, 0.1) is 5.92 Å². The van der Waals surface area contributed by atoms with E-state index in [1.54, 1.807) is 19.4 Å². The summed E-state index contributed by atoms with van der Waals surface area (Å²) >= 11 is 0. The Bertz CT molecular complexity index is 365. The molecular formula is C11H19N5O. The monoisotopic (exact) mass is 237 g/mol. The number of anilines is 1. The second-order valence-electron chi connectivity index (χ2n) is 3.99. The molecule has 1 aromatic heterocycles. The SMILES string of the molecule is CNC(=O)C(C)CN(C)c1ncc(CN)cn1. The van der Waals surface area contributed by atoms with Crippen molar-refractivity contribution in [2.24, 2.45) is 11.7 Å². The van der Waals surface area contributed by atoms with Gasteiger partial charge in [0.25, 0.3) is 0 Å². The van der Waals surface area contributed by atoms with Crippen LogP contribution in [-0.2, 0) is 11.3 Å². The summed E-state index contributed by atoms with van der Waals surface area (Å²) in [5, 5.41) is 2.62. The fourth-order valence-corrected chi connectivity index (χ4v) is 1.47. The Morgan fingerprint density at radius 3 is 2.59 bits per heavy atom.